The Balaban J connectivity index is 1.52. The van der Waals surface area contributed by atoms with E-state index in [-0.39, 0.29) is 5.56 Å². The summed E-state index contributed by atoms with van der Waals surface area (Å²) < 4.78 is 14.9. The number of aromatic nitrogens is 5. The highest BCUT2D eigenvalue weighted by molar-refractivity contribution is 7.98. The molecule has 0 fully saturated rings. The molecular weight excluding hydrogens is 426 g/mol. The van der Waals surface area contributed by atoms with Crippen LogP contribution in [-0.2, 0) is 12.3 Å². The van der Waals surface area contributed by atoms with Gasteiger partial charge in [-0.15, -0.1) is 10.2 Å². The minimum atomic E-state index is -0.0245. The van der Waals surface area contributed by atoms with Gasteiger partial charge in [-0.3, -0.25) is 13.8 Å². The van der Waals surface area contributed by atoms with Gasteiger partial charge in [-0.05, 0) is 37.6 Å². The topological polar surface area (TPSA) is 91.4 Å². The molecule has 0 aliphatic rings. The first kappa shape index (κ1) is 20.6. The van der Waals surface area contributed by atoms with Crippen LogP contribution in [0, 0.1) is 6.92 Å². The Morgan fingerprint density at radius 1 is 1.09 bits per heavy atom. The van der Waals surface area contributed by atoms with Crippen molar-refractivity contribution < 1.29 is 8.83 Å². The number of oxazole rings is 1. The van der Waals surface area contributed by atoms with E-state index < -0.39 is 0 Å². The Hall–Kier alpha value is -3.33. The minimum absolute atomic E-state index is 0.0245. The van der Waals surface area contributed by atoms with Crippen molar-refractivity contribution in [1.29, 1.82) is 0 Å². The fourth-order valence-electron chi connectivity index (χ4n) is 3.75. The van der Waals surface area contributed by atoms with Gasteiger partial charge < -0.3 is 8.83 Å². The average Bonchev–Trinajstić information content (AvgIpc) is 3.55. The lowest BCUT2D eigenvalue weighted by Gasteiger charge is -2.11. The van der Waals surface area contributed by atoms with Gasteiger partial charge in [0.05, 0.1) is 22.9 Å². The van der Waals surface area contributed by atoms with Crippen LogP contribution < -0.4 is 5.56 Å². The molecule has 164 valence electrons. The second kappa shape index (κ2) is 8.66. The number of benzene rings is 1. The van der Waals surface area contributed by atoms with Crippen molar-refractivity contribution in [2.24, 2.45) is 0 Å². The Kier molecular flexibility index (Phi) is 5.57. The van der Waals surface area contributed by atoms with Gasteiger partial charge in [0.25, 0.3) is 11.4 Å². The van der Waals surface area contributed by atoms with Gasteiger partial charge in [0.1, 0.15) is 5.76 Å². The number of unbranched alkanes of at least 4 members (excludes halogenated alkanes) is 2. The highest BCUT2D eigenvalue weighted by Gasteiger charge is 2.19. The summed E-state index contributed by atoms with van der Waals surface area (Å²) in [6, 6.07) is 11.2. The molecule has 32 heavy (non-hydrogen) atoms. The first-order chi connectivity index (χ1) is 15.7. The summed E-state index contributed by atoms with van der Waals surface area (Å²) in [6.07, 6.45) is 4.66. The molecule has 0 N–H and O–H groups in total. The third-order valence-corrected chi connectivity index (χ3v) is 6.37. The molecule has 0 atom stereocenters. The van der Waals surface area contributed by atoms with Crippen LogP contribution in [0.5, 0.6) is 0 Å². The number of hydrogen-bond acceptors (Lipinski definition) is 7. The number of hydrogen-bond donors (Lipinski definition) is 0. The monoisotopic (exact) mass is 449 g/mol. The van der Waals surface area contributed by atoms with E-state index in [1.807, 2.05) is 41.7 Å². The summed E-state index contributed by atoms with van der Waals surface area (Å²) in [4.78, 5) is 17.7. The number of thioether (sulfide) groups is 1. The van der Waals surface area contributed by atoms with Crippen molar-refractivity contribution in [2.75, 3.05) is 0 Å². The highest BCUT2D eigenvalue weighted by Crippen LogP contribution is 2.28. The molecule has 9 heteroatoms. The summed E-state index contributed by atoms with van der Waals surface area (Å²) >= 11 is 1.51. The van der Waals surface area contributed by atoms with Crippen LogP contribution >= 0.6 is 11.8 Å². The quantitative estimate of drug-likeness (QED) is 0.241. The summed E-state index contributed by atoms with van der Waals surface area (Å²) in [5.74, 6) is 2.92. The van der Waals surface area contributed by atoms with Crippen molar-refractivity contribution in [3.8, 4) is 11.7 Å². The molecule has 0 aliphatic heterocycles. The molecule has 0 amide bonds. The number of nitrogens with zero attached hydrogens (tertiary/aromatic N) is 5. The van der Waals surface area contributed by atoms with Crippen LogP contribution in [0.3, 0.4) is 0 Å². The zero-order valence-electron chi connectivity index (χ0n) is 17.9. The highest BCUT2D eigenvalue weighted by atomic mass is 32.2. The van der Waals surface area contributed by atoms with E-state index >= 15 is 0 Å². The van der Waals surface area contributed by atoms with E-state index in [0.717, 1.165) is 36.2 Å². The smallest absolute Gasteiger partial charge is 0.263 e. The summed E-state index contributed by atoms with van der Waals surface area (Å²) in [5, 5.41) is 10.2. The molecule has 1 aromatic carbocycles. The summed E-state index contributed by atoms with van der Waals surface area (Å²) in [6.45, 7) is 4.66. The van der Waals surface area contributed by atoms with Gasteiger partial charge in [0.2, 0.25) is 5.78 Å². The van der Waals surface area contributed by atoms with Gasteiger partial charge in [0, 0.05) is 12.3 Å². The Morgan fingerprint density at radius 2 is 1.97 bits per heavy atom. The molecule has 8 nitrogen and oxygen atoms in total. The van der Waals surface area contributed by atoms with E-state index in [1.165, 1.54) is 11.8 Å². The summed E-state index contributed by atoms with van der Waals surface area (Å²) in [5.41, 5.74) is 1.60. The number of aryl methyl sites for hydroxylation is 2. The van der Waals surface area contributed by atoms with Gasteiger partial charge in [-0.2, -0.15) is 0 Å². The number of furan rings is 1. The average molecular weight is 450 g/mol. The van der Waals surface area contributed by atoms with Gasteiger partial charge in [-0.25, -0.2) is 4.98 Å². The molecular formula is C23H23N5O3S. The second-order valence-corrected chi connectivity index (χ2v) is 8.53. The molecule has 0 unspecified atom stereocenters. The zero-order valence-corrected chi connectivity index (χ0v) is 18.8. The van der Waals surface area contributed by atoms with E-state index in [2.05, 4.69) is 22.1 Å². The SMILES string of the molecule is CCCCCn1c(=O)c2ccccc2n2c(SCc3nc(-c4ccco4)oc3C)nnc12. The zero-order chi connectivity index (χ0) is 22.1. The molecule has 0 bridgehead atoms. The van der Waals surface area contributed by atoms with E-state index in [0.29, 0.717) is 40.3 Å². The normalized spacial score (nSPS) is 11.7. The lowest BCUT2D eigenvalue weighted by atomic mass is 10.2. The van der Waals surface area contributed by atoms with Crippen molar-refractivity contribution in [3.05, 3.63) is 64.5 Å². The lowest BCUT2D eigenvalue weighted by Crippen LogP contribution is -2.23. The van der Waals surface area contributed by atoms with Gasteiger partial charge >= 0.3 is 0 Å². The molecule has 0 saturated heterocycles. The Morgan fingerprint density at radius 3 is 2.78 bits per heavy atom. The lowest BCUT2D eigenvalue weighted by molar-refractivity contribution is 0.500. The van der Waals surface area contributed by atoms with Crippen molar-refractivity contribution in [2.45, 2.75) is 50.6 Å². The first-order valence-electron chi connectivity index (χ1n) is 10.7. The predicted molar refractivity (Wildman–Crippen MR) is 123 cm³/mol. The molecule has 5 rings (SSSR count). The fraction of sp³-hybridized carbons (Fsp3) is 0.304. The van der Waals surface area contributed by atoms with Gasteiger partial charge in [0.15, 0.2) is 10.9 Å². The van der Waals surface area contributed by atoms with Crippen LogP contribution in [0.15, 0.2) is 61.4 Å². The molecule has 5 aromatic rings. The molecule has 4 aromatic heterocycles. The van der Waals surface area contributed by atoms with Crippen molar-refractivity contribution in [1.82, 2.24) is 24.1 Å². The molecule has 0 saturated carbocycles. The number of rotatable bonds is 8. The predicted octanol–water partition coefficient (Wildman–Crippen LogP) is 5.08. The molecule has 0 spiro atoms. The van der Waals surface area contributed by atoms with Crippen molar-refractivity contribution >= 4 is 28.4 Å². The maximum atomic E-state index is 13.1. The first-order valence-corrected chi connectivity index (χ1v) is 11.7. The number of para-hydroxylation sites is 1. The van der Waals surface area contributed by atoms with Crippen LogP contribution in [0.25, 0.3) is 28.3 Å². The second-order valence-electron chi connectivity index (χ2n) is 7.59. The van der Waals surface area contributed by atoms with Crippen LogP contribution in [-0.4, -0.2) is 24.1 Å². The summed E-state index contributed by atoms with van der Waals surface area (Å²) in [7, 11) is 0. The third-order valence-electron chi connectivity index (χ3n) is 5.43. The minimum Gasteiger partial charge on any atom is -0.459 e. The number of fused-ring (bicyclic) bond motifs is 3. The fourth-order valence-corrected chi connectivity index (χ4v) is 4.69. The largest absolute Gasteiger partial charge is 0.459 e. The van der Waals surface area contributed by atoms with Crippen LogP contribution in [0.4, 0.5) is 0 Å². The Bertz CT molecular complexity index is 1430. The van der Waals surface area contributed by atoms with E-state index in [9.17, 15) is 4.79 Å². The van der Waals surface area contributed by atoms with E-state index in [4.69, 9.17) is 8.83 Å². The molecule has 0 aliphatic carbocycles. The third kappa shape index (κ3) is 3.62. The maximum Gasteiger partial charge on any atom is 0.263 e. The van der Waals surface area contributed by atoms with Crippen LogP contribution in [0.1, 0.15) is 37.6 Å². The Labute approximate surface area is 188 Å². The molecule has 4 heterocycles. The van der Waals surface area contributed by atoms with E-state index in [1.54, 1.807) is 16.9 Å². The van der Waals surface area contributed by atoms with Crippen molar-refractivity contribution in [3.63, 3.8) is 0 Å². The molecule has 0 radical (unpaired) electrons. The standard InChI is InChI=1S/C23H23N5O3S/c1-3-4-7-12-27-21(29)16-9-5-6-10-18(16)28-22(27)25-26-23(28)32-14-17-15(2)31-20(24-17)19-11-8-13-30-19/h5-6,8-11,13H,3-4,7,12,14H2,1-2H3. The van der Waals surface area contributed by atoms with Gasteiger partial charge in [-0.1, -0.05) is 43.7 Å². The maximum absolute atomic E-state index is 13.1. The van der Waals surface area contributed by atoms with Crippen LogP contribution in [0.2, 0.25) is 0 Å².